The van der Waals surface area contributed by atoms with Crippen molar-refractivity contribution in [3.8, 4) is 0 Å². The van der Waals surface area contributed by atoms with Crippen LogP contribution < -0.4 is 0 Å². The molecule has 2 aliphatic heterocycles. The Hall–Kier alpha value is -0.970. The smallest absolute Gasteiger partial charge is 0.407 e. The van der Waals surface area contributed by atoms with Crippen LogP contribution in [0.1, 0.15) is 57.1 Å². The average Bonchev–Trinajstić information content (AvgIpc) is 2.90. The number of hydrogen-bond acceptors (Lipinski definition) is 2. The van der Waals surface area contributed by atoms with Crippen LogP contribution in [0.3, 0.4) is 0 Å². The number of hydrogen-bond donors (Lipinski definition) is 2. The summed E-state index contributed by atoms with van der Waals surface area (Å²) in [7, 11) is 0. The number of rotatable bonds is 4. The number of aliphatic hydroxyl groups is 1. The Morgan fingerprint density at radius 2 is 2.08 bits per heavy atom. The molecule has 0 aliphatic carbocycles. The van der Waals surface area contributed by atoms with E-state index in [0.29, 0.717) is 15.6 Å². The molecule has 2 aliphatic rings. The molecular formula is C18H23Cl2NO3. The summed E-state index contributed by atoms with van der Waals surface area (Å²) in [4.78, 5) is 13.4. The number of benzene rings is 1. The molecule has 2 bridgehead atoms. The van der Waals surface area contributed by atoms with Gasteiger partial charge in [-0.15, -0.1) is 0 Å². The lowest BCUT2D eigenvalue weighted by Gasteiger charge is -2.50. The van der Waals surface area contributed by atoms with E-state index >= 15 is 0 Å². The highest BCUT2D eigenvalue weighted by Gasteiger charge is 2.56. The van der Waals surface area contributed by atoms with Crippen molar-refractivity contribution in [2.75, 3.05) is 0 Å². The Morgan fingerprint density at radius 3 is 2.71 bits per heavy atom. The van der Waals surface area contributed by atoms with Gasteiger partial charge in [0, 0.05) is 17.5 Å². The van der Waals surface area contributed by atoms with Crippen LogP contribution in [0.25, 0.3) is 0 Å². The van der Waals surface area contributed by atoms with E-state index in [1.165, 1.54) is 0 Å². The molecule has 24 heavy (non-hydrogen) atoms. The van der Waals surface area contributed by atoms with Crippen molar-refractivity contribution in [1.82, 2.24) is 4.90 Å². The lowest BCUT2D eigenvalue weighted by molar-refractivity contribution is -0.0723. The molecule has 1 aromatic rings. The van der Waals surface area contributed by atoms with Gasteiger partial charge >= 0.3 is 6.09 Å². The highest BCUT2D eigenvalue weighted by atomic mass is 35.5. The first-order valence-electron chi connectivity index (χ1n) is 8.55. The second-order valence-electron chi connectivity index (χ2n) is 7.03. The second-order valence-corrected chi connectivity index (χ2v) is 7.85. The minimum Gasteiger partial charge on any atom is -0.465 e. The summed E-state index contributed by atoms with van der Waals surface area (Å²) in [6.45, 7) is 2.08. The van der Waals surface area contributed by atoms with Gasteiger partial charge in [-0.05, 0) is 49.8 Å². The molecule has 2 saturated heterocycles. The molecule has 132 valence electrons. The van der Waals surface area contributed by atoms with Gasteiger partial charge in [0.2, 0.25) is 0 Å². The maximum Gasteiger partial charge on any atom is 0.407 e. The zero-order valence-corrected chi connectivity index (χ0v) is 15.2. The molecule has 0 spiro atoms. The van der Waals surface area contributed by atoms with E-state index in [0.717, 1.165) is 38.5 Å². The number of carboxylic acid groups (broad SMARTS) is 1. The molecule has 3 rings (SSSR count). The summed E-state index contributed by atoms with van der Waals surface area (Å²) in [6, 6.07) is 5.15. The molecule has 4 nitrogen and oxygen atoms in total. The van der Waals surface area contributed by atoms with Crippen LogP contribution in [-0.2, 0) is 0 Å². The number of aliphatic hydroxyl groups excluding tert-OH is 1. The number of nitrogens with zero attached hydrogens (tertiary/aromatic N) is 1. The fraction of sp³-hybridized carbons (Fsp3) is 0.611. The molecular weight excluding hydrogens is 349 g/mol. The topological polar surface area (TPSA) is 60.8 Å². The van der Waals surface area contributed by atoms with Crippen LogP contribution in [0.5, 0.6) is 0 Å². The van der Waals surface area contributed by atoms with E-state index in [4.69, 9.17) is 23.2 Å². The van der Waals surface area contributed by atoms with Gasteiger partial charge in [0.25, 0.3) is 0 Å². The predicted octanol–water partition coefficient (Wildman–Crippen LogP) is 5.12. The third-order valence-electron chi connectivity index (χ3n) is 5.85. The highest BCUT2D eigenvalue weighted by molar-refractivity contribution is 6.42. The molecule has 1 amide bonds. The van der Waals surface area contributed by atoms with Crippen molar-refractivity contribution in [2.45, 2.75) is 63.6 Å². The molecule has 4 unspecified atom stereocenters. The fourth-order valence-electron chi connectivity index (χ4n) is 4.85. The largest absolute Gasteiger partial charge is 0.465 e. The first-order chi connectivity index (χ1) is 11.4. The maximum absolute atomic E-state index is 11.8. The molecule has 6 heteroatoms. The number of carbonyl (C=O) groups is 1. The number of fused-ring (bicyclic) bond motifs is 2. The maximum atomic E-state index is 11.8. The van der Waals surface area contributed by atoms with E-state index < -0.39 is 17.6 Å². The summed E-state index contributed by atoms with van der Waals surface area (Å²) in [5.74, 6) is 0. The van der Waals surface area contributed by atoms with Crippen molar-refractivity contribution < 1.29 is 15.0 Å². The average molecular weight is 372 g/mol. The fourth-order valence-corrected chi connectivity index (χ4v) is 5.16. The molecule has 2 heterocycles. The van der Waals surface area contributed by atoms with Crippen molar-refractivity contribution in [1.29, 1.82) is 0 Å². The van der Waals surface area contributed by atoms with Crippen molar-refractivity contribution >= 4 is 29.3 Å². The Kier molecular flexibility index (Phi) is 5.01. The molecule has 1 aromatic carbocycles. The predicted molar refractivity (Wildman–Crippen MR) is 94.7 cm³/mol. The summed E-state index contributed by atoms with van der Waals surface area (Å²) < 4.78 is 0. The SMILES string of the molecule is CCCC1(C(O)c2ccc(Cl)c(Cl)c2)CCC2CCC1N2C(=O)O. The summed E-state index contributed by atoms with van der Waals surface area (Å²) in [5, 5.41) is 21.8. The molecule has 0 radical (unpaired) electrons. The molecule has 2 fully saturated rings. The van der Waals surface area contributed by atoms with E-state index in [9.17, 15) is 15.0 Å². The normalized spacial score (nSPS) is 30.4. The van der Waals surface area contributed by atoms with E-state index in [-0.39, 0.29) is 12.1 Å². The first kappa shape index (κ1) is 17.8. The Balaban J connectivity index is 2.01. The molecule has 2 N–H and O–H groups in total. The highest BCUT2D eigenvalue weighted by Crippen LogP contribution is 2.55. The van der Waals surface area contributed by atoms with Crippen LogP contribution in [0, 0.1) is 5.41 Å². The Bertz CT molecular complexity index is 639. The van der Waals surface area contributed by atoms with Gasteiger partial charge in [-0.25, -0.2) is 4.79 Å². The summed E-state index contributed by atoms with van der Waals surface area (Å²) >= 11 is 12.1. The van der Waals surface area contributed by atoms with Gasteiger partial charge in [0.1, 0.15) is 0 Å². The van der Waals surface area contributed by atoms with Crippen molar-refractivity contribution in [3.63, 3.8) is 0 Å². The number of piperidine rings is 1. The Morgan fingerprint density at radius 1 is 1.33 bits per heavy atom. The van der Waals surface area contributed by atoms with Crippen molar-refractivity contribution in [3.05, 3.63) is 33.8 Å². The monoisotopic (exact) mass is 371 g/mol. The third kappa shape index (κ3) is 2.79. The zero-order valence-electron chi connectivity index (χ0n) is 13.7. The van der Waals surface area contributed by atoms with Crippen LogP contribution in [0.15, 0.2) is 18.2 Å². The van der Waals surface area contributed by atoms with Crippen LogP contribution in [0.2, 0.25) is 10.0 Å². The van der Waals surface area contributed by atoms with Gasteiger partial charge in [-0.1, -0.05) is 42.6 Å². The van der Waals surface area contributed by atoms with Gasteiger partial charge < -0.3 is 15.1 Å². The third-order valence-corrected chi connectivity index (χ3v) is 6.59. The van der Waals surface area contributed by atoms with Crippen LogP contribution in [-0.4, -0.2) is 33.3 Å². The van der Waals surface area contributed by atoms with Gasteiger partial charge in [-0.3, -0.25) is 0 Å². The van der Waals surface area contributed by atoms with Gasteiger partial charge in [-0.2, -0.15) is 0 Å². The quantitative estimate of drug-likeness (QED) is 0.771. The molecule has 0 aromatic heterocycles. The van der Waals surface area contributed by atoms with E-state index in [2.05, 4.69) is 6.92 Å². The summed E-state index contributed by atoms with van der Waals surface area (Å²) in [5.41, 5.74) is 0.255. The lowest BCUT2D eigenvalue weighted by atomic mass is 9.65. The number of halogens is 2. The van der Waals surface area contributed by atoms with Crippen LogP contribution in [0.4, 0.5) is 4.79 Å². The molecule has 4 atom stereocenters. The van der Waals surface area contributed by atoms with Crippen molar-refractivity contribution in [2.24, 2.45) is 5.41 Å². The molecule has 0 saturated carbocycles. The zero-order chi connectivity index (χ0) is 17.5. The lowest BCUT2D eigenvalue weighted by Crippen LogP contribution is -2.55. The van der Waals surface area contributed by atoms with E-state index in [1.54, 1.807) is 23.1 Å². The van der Waals surface area contributed by atoms with E-state index in [1.807, 2.05) is 0 Å². The Labute approximate surface area is 152 Å². The minimum atomic E-state index is -0.871. The van der Waals surface area contributed by atoms with Gasteiger partial charge in [0.15, 0.2) is 0 Å². The first-order valence-corrected chi connectivity index (χ1v) is 9.30. The van der Waals surface area contributed by atoms with Gasteiger partial charge in [0.05, 0.1) is 16.1 Å². The second kappa shape index (κ2) is 6.74. The standard InChI is InChI=1S/C18H23Cl2NO3/c1-2-8-18(16(22)11-3-5-13(19)14(20)10-11)9-7-12-4-6-15(18)21(12)17(23)24/h3,5,10,12,15-16,22H,2,4,6-9H2,1H3,(H,23,24). The van der Waals surface area contributed by atoms with Crippen LogP contribution >= 0.6 is 23.2 Å². The summed E-state index contributed by atoms with van der Waals surface area (Å²) in [6.07, 6.45) is 3.40. The minimum absolute atomic E-state index is 0.0958. The number of amides is 1.